The van der Waals surface area contributed by atoms with E-state index in [1.807, 2.05) is 19.2 Å². The summed E-state index contributed by atoms with van der Waals surface area (Å²) in [5.41, 5.74) is 1.63. The molecule has 8 heteroatoms. The third kappa shape index (κ3) is 5.78. The van der Waals surface area contributed by atoms with Gasteiger partial charge in [0, 0.05) is 50.8 Å². The van der Waals surface area contributed by atoms with Crippen molar-refractivity contribution in [3.63, 3.8) is 0 Å². The van der Waals surface area contributed by atoms with Gasteiger partial charge in [-0.25, -0.2) is 0 Å². The van der Waals surface area contributed by atoms with E-state index in [0.717, 1.165) is 70.1 Å². The number of aliphatic imine (C=N–C) groups is 1. The highest BCUT2D eigenvalue weighted by molar-refractivity contribution is 14.0. The molecule has 2 aliphatic heterocycles. The predicted molar refractivity (Wildman–Crippen MR) is 117 cm³/mol. The monoisotopic (exact) mass is 488 g/mol. The van der Waals surface area contributed by atoms with Gasteiger partial charge >= 0.3 is 0 Å². The smallest absolute Gasteiger partial charge is 0.269 e. The van der Waals surface area contributed by atoms with Crippen molar-refractivity contribution in [3.8, 4) is 0 Å². The number of hydrogen-bond acceptors (Lipinski definition) is 4. The van der Waals surface area contributed by atoms with Crippen molar-refractivity contribution in [2.45, 2.75) is 32.1 Å². The van der Waals surface area contributed by atoms with Crippen LogP contribution < -0.4 is 5.32 Å². The molecule has 0 radical (unpaired) electrons. The van der Waals surface area contributed by atoms with E-state index < -0.39 is 0 Å². The zero-order valence-electron chi connectivity index (χ0n) is 15.9. The number of ether oxygens (including phenoxy) is 1. The molecule has 1 unspecified atom stereocenters. The molecular weight excluding hydrogens is 459 g/mol. The van der Waals surface area contributed by atoms with Crippen LogP contribution in [-0.4, -0.2) is 55.7 Å². The van der Waals surface area contributed by atoms with Gasteiger partial charge in [-0.05, 0) is 37.7 Å². The molecule has 1 atom stereocenters. The van der Waals surface area contributed by atoms with Crippen molar-refractivity contribution >= 4 is 35.6 Å². The first kappa shape index (κ1) is 21.9. The molecule has 150 valence electrons. The number of guanidine groups is 1. The Kier molecular flexibility index (Phi) is 8.28. The van der Waals surface area contributed by atoms with E-state index in [0.29, 0.717) is 5.41 Å². The van der Waals surface area contributed by atoms with E-state index in [1.165, 1.54) is 6.42 Å². The largest absolute Gasteiger partial charge is 0.381 e. The number of aryl methyl sites for hydroxylation is 1. The SMILES string of the molecule is CN=C(NCCCCc1ccc([N+](=O)[O-])cc1)N1CCC2(CCOC2)C1.I. The van der Waals surface area contributed by atoms with Crippen LogP contribution in [0.2, 0.25) is 0 Å². The summed E-state index contributed by atoms with van der Waals surface area (Å²) in [5, 5.41) is 14.1. The summed E-state index contributed by atoms with van der Waals surface area (Å²) in [6, 6.07) is 6.84. The fourth-order valence-electron chi connectivity index (χ4n) is 3.86. The number of benzene rings is 1. The summed E-state index contributed by atoms with van der Waals surface area (Å²) in [7, 11) is 1.84. The highest BCUT2D eigenvalue weighted by Crippen LogP contribution is 2.38. The molecule has 27 heavy (non-hydrogen) atoms. The number of nitro groups is 1. The number of rotatable bonds is 6. The van der Waals surface area contributed by atoms with Crippen molar-refractivity contribution in [1.29, 1.82) is 0 Å². The molecule has 0 aromatic heterocycles. The number of nitrogens with one attached hydrogen (secondary N) is 1. The summed E-state index contributed by atoms with van der Waals surface area (Å²) in [6.45, 7) is 4.75. The number of halogens is 1. The van der Waals surface area contributed by atoms with Crippen molar-refractivity contribution in [3.05, 3.63) is 39.9 Å². The van der Waals surface area contributed by atoms with Crippen LogP contribution in [0, 0.1) is 15.5 Å². The Morgan fingerprint density at radius 3 is 2.74 bits per heavy atom. The topological polar surface area (TPSA) is 80.0 Å². The van der Waals surface area contributed by atoms with Crippen molar-refractivity contribution in [2.75, 3.05) is 39.9 Å². The van der Waals surface area contributed by atoms with Crippen LogP contribution in [0.3, 0.4) is 0 Å². The van der Waals surface area contributed by atoms with Crippen LogP contribution in [0.25, 0.3) is 0 Å². The second-order valence-corrected chi connectivity index (χ2v) is 7.33. The van der Waals surface area contributed by atoms with Crippen molar-refractivity contribution < 1.29 is 9.66 Å². The summed E-state index contributed by atoms with van der Waals surface area (Å²) in [4.78, 5) is 17.1. The minimum absolute atomic E-state index is 0. The van der Waals surface area contributed by atoms with Crippen LogP contribution in [0.5, 0.6) is 0 Å². The molecule has 0 aliphatic carbocycles. The summed E-state index contributed by atoms with van der Waals surface area (Å²) >= 11 is 0. The lowest BCUT2D eigenvalue weighted by Gasteiger charge is -2.24. The Hall–Kier alpha value is -1.42. The fourth-order valence-corrected chi connectivity index (χ4v) is 3.86. The zero-order valence-corrected chi connectivity index (χ0v) is 18.2. The van der Waals surface area contributed by atoms with Crippen LogP contribution in [0.15, 0.2) is 29.3 Å². The standard InChI is InChI=1S/C19H28N4O3.HI/c1-20-18(22-12-9-19(14-22)10-13-26-15-19)21-11-3-2-4-16-5-7-17(8-6-16)23(24)25;/h5-8H,2-4,9-15H2,1H3,(H,20,21);1H. The first-order valence-corrected chi connectivity index (χ1v) is 9.39. The third-order valence-corrected chi connectivity index (χ3v) is 5.46. The van der Waals surface area contributed by atoms with Gasteiger partial charge in [-0.2, -0.15) is 0 Å². The van der Waals surface area contributed by atoms with Crippen molar-refractivity contribution in [1.82, 2.24) is 10.2 Å². The lowest BCUT2D eigenvalue weighted by atomic mass is 9.87. The minimum atomic E-state index is -0.362. The van der Waals surface area contributed by atoms with Gasteiger partial charge in [-0.3, -0.25) is 15.1 Å². The van der Waals surface area contributed by atoms with E-state index >= 15 is 0 Å². The van der Waals surface area contributed by atoms with Gasteiger partial charge in [-0.1, -0.05) is 12.1 Å². The number of likely N-dealkylation sites (tertiary alicyclic amines) is 1. The van der Waals surface area contributed by atoms with E-state index in [9.17, 15) is 10.1 Å². The van der Waals surface area contributed by atoms with E-state index in [-0.39, 0.29) is 34.6 Å². The number of nitro benzene ring substituents is 1. The molecule has 2 heterocycles. The van der Waals surface area contributed by atoms with Gasteiger partial charge in [0.1, 0.15) is 0 Å². The number of hydrogen-bond donors (Lipinski definition) is 1. The molecule has 1 aromatic carbocycles. The predicted octanol–water partition coefficient (Wildman–Crippen LogP) is 3.22. The summed E-state index contributed by atoms with van der Waals surface area (Å²) < 4.78 is 5.60. The molecule has 7 nitrogen and oxygen atoms in total. The van der Waals surface area contributed by atoms with Crippen LogP contribution in [0.1, 0.15) is 31.2 Å². The number of nitrogens with zero attached hydrogens (tertiary/aromatic N) is 3. The molecule has 1 spiro atoms. The van der Waals surface area contributed by atoms with Crippen LogP contribution >= 0.6 is 24.0 Å². The molecular formula is C19H29IN4O3. The minimum Gasteiger partial charge on any atom is -0.381 e. The summed E-state index contributed by atoms with van der Waals surface area (Å²) in [5.74, 6) is 0.990. The molecule has 0 saturated carbocycles. The van der Waals surface area contributed by atoms with Crippen LogP contribution in [-0.2, 0) is 11.2 Å². The van der Waals surface area contributed by atoms with Gasteiger partial charge < -0.3 is 15.0 Å². The Morgan fingerprint density at radius 1 is 1.33 bits per heavy atom. The van der Waals surface area contributed by atoms with E-state index in [4.69, 9.17) is 4.74 Å². The lowest BCUT2D eigenvalue weighted by Crippen LogP contribution is -2.41. The zero-order chi connectivity index (χ0) is 18.4. The molecule has 1 aromatic rings. The fraction of sp³-hybridized carbons (Fsp3) is 0.632. The summed E-state index contributed by atoms with van der Waals surface area (Å²) in [6.07, 6.45) is 5.36. The normalized spacial score (nSPS) is 22.1. The van der Waals surface area contributed by atoms with Crippen LogP contribution in [0.4, 0.5) is 5.69 Å². The maximum Gasteiger partial charge on any atom is 0.269 e. The Balaban J connectivity index is 0.00000261. The van der Waals surface area contributed by atoms with Gasteiger partial charge in [0.15, 0.2) is 5.96 Å². The number of non-ortho nitro benzene ring substituents is 1. The molecule has 2 aliphatic rings. The van der Waals surface area contributed by atoms with E-state index in [1.54, 1.807) is 12.1 Å². The van der Waals surface area contributed by atoms with Gasteiger partial charge in [0.2, 0.25) is 0 Å². The Labute approximate surface area is 177 Å². The highest BCUT2D eigenvalue weighted by atomic mass is 127. The average molecular weight is 488 g/mol. The molecule has 2 saturated heterocycles. The third-order valence-electron chi connectivity index (χ3n) is 5.46. The van der Waals surface area contributed by atoms with E-state index in [2.05, 4.69) is 15.2 Å². The van der Waals surface area contributed by atoms with Crippen molar-refractivity contribution in [2.24, 2.45) is 10.4 Å². The highest BCUT2D eigenvalue weighted by Gasteiger charge is 2.42. The van der Waals surface area contributed by atoms with Gasteiger partial charge in [0.25, 0.3) is 5.69 Å². The molecule has 1 N–H and O–H groups in total. The maximum atomic E-state index is 10.7. The maximum absolute atomic E-state index is 10.7. The molecule has 0 amide bonds. The molecule has 2 fully saturated rings. The second kappa shape index (κ2) is 10.2. The lowest BCUT2D eigenvalue weighted by molar-refractivity contribution is -0.384. The average Bonchev–Trinajstić information content (AvgIpc) is 3.28. The van der Waals surface area contributed by atoms with Gasteiger partial charge in [-0.15, -0.1) is 24.0 Å². The molecule has 3 rings (SSSR count). The Morgan fingerprint density at radius 2 is 2.11 bits per heavy atom. The quantitative estimate of drug-likeness (QED) is 0.166. The molecule has 0 bridgehead atoms. The van der Waals surface area contributed by atoms with Gasteiger partial charge in [0.05, 0.1) is 11.5 Å². The Bertz CT molecular complexity index is 645. The first-order chi connectivity index (χ1) is 12.6. The first-order valence-electron chi connectivity index (χ1n) is 9.39. The number of unbranched alkanes of at least 4 members (excludes halogenated alkanes) is 1. The second-order valence-electron chi connectivity index (χ2n) is 7.33.